The topological polar surface area (TPSA) is 108 Å². The van der Waals surface area contributed by atoms with Crippen molar-refractivity contribution in [3.05, 3.63) is 5.21 Å². The van der Waals surface area contributed by atoms with Crippen LogP contribution in [0.4, 0.5) is 0 Å². The van der Waals surface area contributed by atoms with Crippen LogP contribution in [-0.2, 0) is 21.8 Å². The van der Waals surface area contributed by atoms with E-state index >= 15 is 0 Å². The summed E-state index contributed by atoms with van der Waals surface area (Å²) in [6, 6.07) is 1.05. The molecular formula is C10H27N3O7Si2. The molecular weight excluding hydrogens is 330 g/mol. The average molecular weight is 358 g/mol. The molecule has 0 amide bonds. The van der Waals surface area contributed by atoms with Gasteiger partial charge in [0.25, 0.3) is 0 Å². The quantitative estimate of drug-likeness (QED) is 0.239. The summed E-state index contributed by atoms with van der Waals surface area (Å²) in [6.07, 6.45) is 0.542. The number of hydrogen-bond donors (Lipinski definition) is 1. The standard InChI is InChI=1S/C10H27N3O7Si2/c1-7-21(16-3,17-4)20-22(18-5,19-6)10-8-9-12(2)13(15)11-14/h14H,7-10H2,1-6H3. The Bertz CT molecular complexity index is 332. The average Bonchev–Trinajstić information content (AvgIpc) is 2.57. The summed E-state index contributed by atoms with van der Waals surface area (Å²) in [5, 5.41) is 23.2. The Morgan fingerprint density at radius 3 is 1.95 bits per heavy atom. The van der Waals surface area contributed by atoms with Crippen LogP contribution in [0.15, 0.2) is 5.28 Å². The first-order valence-electron chi connectivity index (χ1n) is 6.82. The molecule has 0 rings (SSSR count). The van der Waals surface area contributed by atoms with Gasteiger partial charge in [0.05, 0.1) is 18.6 Å². The molecule has 10 nitrogen and oxygen atoms in total. The second-order valence-corrected chi connectivity index (χ2v) is 10.9. The highest BCUT2D eigenvalue weighted by atomic mass is 28.5. The molecule has 0 aliphatic carbocycles. The highest BCUT2D eigenvalue weighted by molar-refractivity contribution is 6.74. The molecule has 0 saturated carbocycles. The first-order chi connectivity index (χ1) is 10.4. The zero-order valence-corrected chi connectivity index (χ0v) is 16.1. The van der Waals surface area contributed by atoms with Crippen molar-refractivity contribution < 1.29 is 32.0 Å². The molecule has 0 aliphatic rings. The number of hydrazine groups is 1. The highest BCUT2D eigenvalue weighted by Crippen LogP contribution is 2.25. The Morgan fingerprint density at radius 2 is 1.59 bits per heavy atom. The van der Waals surface area contributed by atoms with E-state index in [1.165, 1.54) is 40.5 Å². The Kier molecular flexibility index (Phi) is 9.74. The molecule has 1 N–H and O–H groups in total. The SMILES string of the molecule is CC[Si](OC)(OC)O[Si](CCCN(C)[N+]([O-])=NO)(OC)OC. The Labute approximate surface area is 133 Å². The van der Waals surface area contributed by atoms with Crippen molar-refractivity contribution in [2.45, 2.75) is 25.4 Å². The molecule has 0 saturated heterocycles. The van der Waals surface area contributed by atoms with Gasteiger partial charge in [0.1, 0.15) is 0 Å². The maximum Gasteiger partial charge on any atom is 0.493 e. The van der Waals surface area contributed by atoms with Gasteiger partial charge in [-0.1, -0.05) is 6.92 Å². The predicted molar refractivity (Wildman–Crippen MR) is 81.0 cm³/mol. The van der Waals surface area contributed by atoms with E-state index in [0.717, 1.165) is 0 Å². The maximum atomic E-state index is 11.1. The fraction of sp³-hybridized carbons (Fsp3) is 1.00. The second kappa shape index (κ2) is 10.1. The largest absolute Gasteiger partial charge is 0.569 e. The van der Waals surface area contributed by atoms with Gasteiger partial charge in [-0.2, -0.15) is 0 Å². The van der Waals surface area contributed by atoms with E-state index in [1.807, 2.05) is 6.92 Å². The van der Waals surface area contributed by atoms with Crippen molar-refractivity contribution in [2.75, 3.05) is 42.0 Å². The molecule has 0 fully saturated rings. The van der Waals surface area contributed by atoms with E-state index in [0.29, 0.717) is 25.1 Å². The van der Waals surface area contributed by atoms with E-state index < -0.39 is 17.6 Å². The van der Waals surface area contributed by atoms with Crippen LogP contribution in [0.25, 0.3) is 0 Å². The third-order valence-electron chi connectivity index (χ3n) is 3.32. The summed E-state index contributed by atoms with van der Waals surface area (Å²) in [5.74, 6) is 0. The van der Waals surface area contributed by atoms with Gasteiger partial charge >= 0.3 is 17.6 Å². The van der Waals surface area contributed by atoms with Crippen molar-refractivity contribution in [3.63, 3.8) is 0 Å². The van der Waals surface area contributed by atoms with Crippen LogP contribution in [0, 0.1) is 5.21 Å². The Balaban J connectivity index is 4.82. The van der Waals surface area contributed by atoms with Gasteiger partial charge < -0.3 is 32.2 Å². The van der Waals surface area contributed by atoms with Gasteiger partial charge in [-0.25, -0.2) is 0 Å². The minimum absolute atomic E-state index is 0.0963. The zero-order valence-electron chi connectivity index (χ0n) is 14.1. The minimum Gasteiger partial charge on any atom is -0.569 e. The normalized spacial score (nSPS) is 13.5. The molecule has 22 heavy (non-hydrogen) atoms. The number of hydrogen-bond acceptors (Lipinski definition) is 7. The van der Waals surface area contributed by atoms with Crippen LogP contribution in [0.2, 0.25) is 12.1 Å². The lowest BCUT2D eigenvalue weighted by Crippen LogP contribution is -2.57. The van der Waals surface area contributed by atoms with Crippen LogP contribution in [0.3, 0.4) is 0 Å². The molecule has 0 aromatic rings. The van der Waals surface area contributed by atoms with Gasteiger partial charge in [0.15, 0.2) is 0 Å². The summed E-state index contributed by atoms with van der Waals surface area (Å²) < 4.78 is 27.9. The van der Waals surface area contributed by atoms with Gasteiger partial charge in [-0.3, -0.25) is 0 Å². The Morgan fingerprint density at radius 1 is 1.09 bits per heavy atom. The van der Waals surface area contributed by atoms with Crippen molar-refractivity contribution >= 4 is 17.6 Å². The predicted octanol–water partition coefficient (Wildman–Crippen LogP) is 1.07. The lowest BCUT2D eigenvalue weighted by molar-refractivity contribution is -0.704. The maximum absolute atomic E-state index is 11.1. The van der Waals surface area contributed by atoms with Crippen LogP contribution >= 0.6 is 0 Å². The fourth-order valence-corrected chi connectivity index (χ4v) is 7.99. The van der Waals surface area contributed by atoms with Crippen molar-refractivity contribution in [3.8, 4) is 0 Å². The summed E-state index contributed by atoms with van der Waals surface area (Å²) >= 11 is 0. The fourth-order valence-electron chi connectivity index (χ4n) is 1.86. The first kappa shape index (κ1) is 21.2. The summed E-state index contributed by atoms with van der Waals surface area (Å²) in [7, 11) is 1.80. The lowest BCUT2D eigenvalue weighted by Gasteiger charge is -2.35. The van der Waals surface area contributed by atoms with Crippen molar-refractivity contribution in [2.24, 2.45) is 5.28 Å². The smallest absolute Gasteiger partial charge is 0.493 e. The zero-order chi connectivity index (χ0) is 17.2. The number of nitrogens with zero attached hydrogens (tertiary/aromatic N) is 3. The molecule has 0 atom stereocenters. The van der Waals surface area contributed by atoms with Gasteiger partial charge in [-0.15, -0.1) is 5.01 Å². The number of rotatable bonds is 12. The monoisotopic (exact) mass is 357 g/mol. The van der Waals surface area contributed by atoms with Crippen molar-refractivity contribution in [1.29, 1.82) is 0 Å². The molecule has 0 aromatic heterocycles. The van der Waals surface area contributed by atoms with E-state index in [-0.39, 0.29) is 4.97 Å². The highest BCUT2D eigenvalue weighted by Gasteiger charge is 2.50. The van der Waals surface area contributed by atoms with E-state index in [9.17, 15) is 5.21 Å². The van der Waals surface area contributed by atoms with Crippen molar-refractivity contribution in [1.82, 2.24) is 5.01 Å². The molecule has 0 heterocycles. The molecule has 0 unspecified atom stereocenters. The molecule has 0 bridgehead atoms. The summed E-state index contributed by atoms with van der Waals surface area (Å²) in [5.41, 5.74) is 0. The minimum atomic E-state index is -2.98. The summed E-state index contributed by atoms with van der Waals surface area (Å²) in [6.45, 7) is 2.26. The molecule has 12 heteroatoms. The van der Waals surface area contributed by atoms with Crippen LogP contribution in [0.5, 0.6) is 0 Å². The van der Waals surface area contributed by atoms with Crippen LogP contribution in [0.1, 0.15) is 13.3 Å². The lowest BCUT2D eigenvalue weighted by atomic mass is 10.5. The van der Waals surface area contributed by atoms with Crippen LogP contribution in [-0.4, -0.2) is 74.8 Å². The van der Waals surface area contributed by atoms with E-state index in [1.54, 1.807) is 0 Å². The molecule has 0 spiro atoms. The first-order valence-corrected chi connectivity index (χ1v) is 10.7. The third-order valence-corrected chi connectivity index (χ3v) is 10.1. The van der Waals surface area contributed by atoms with Gasteiger partial charge in [0.2, 0.25) is 5.28 Å². The van der Waals surface area contributed by atoms with E-state index in [4.69, 9.17) is 27.0 Å². The summed E-state index contributed by atoms with van der Waals surface area (Å²) in [4.78, 5) is 0.0963. The second-order valence-electron chi connectivity index (χ2n) is 4.47. The Hall–Kier alpha value is -0.766. The molecule has 0 aliphatic heterocycles. The molecule has 0 aromatic carbocycles. The van der Waals surface area contributed by atoms with Gasteiger partial charge in [-0.05, 0) is 6.42 Å². The molecule has 132 valence electrons. The van der Waals surface area contributed by atoms with Gasteiger partial charge in [0, 0.05) is 40.5 Å². The van der Waals surface area contributed by atoms with Crippen LogP contribution < -0.4 is 0 Å². The van der Waals surface area contributed by atoms with E-state index in [2.05, 4.69) is 5.28 Å². The molecule has 0 radical (unpaired) electrons. The third kappa shape index (κ3) is 5.79.